The Morgan fingerprint density at radius 2 is 1.47 bits per heavy atom. The van der Waals surface area contributed by atoms with Gasteiger partial charge in [-0.3, -0.25) is 0 Å². The zero-order valence-corrected chi connectivity index (χ0v) is 7.70. The van der Waals surface area contributed by atoms with E-state index in [1.807, 2.05) is 0 Å². The summed E-state index contributed by atoms with van der Waals surface area (Å²) in [6.07, 6.45) is -5.28. The van der Waals surface area contributed by atoms with Crippen LogP contribution in [-0.4, -0.2) is 6.18 Å². The maximum Gasteiger partial charge on any atom is 0.445 e. The number of alkyl halides is 3. The Balaban J connectivity index is 3.14. The Hall–Kier alpha value is -1.39. The molecule has 5 heteroatoms. The van der Waals surface area contributed by atoms with E-state index in [4.69, 9.17) is 0 Å². The molecule has 1 rings (SSSR count). The Morgan fingerprint density at radius 1 is 1.00 bits per heavy atom. The number of allylic oxidation sites excluding steroid dienone is 1. The summed E-state index contributed by atoms with van der Waals surface area (Å²) >= 11 is 0. The molecule has 82 valence electrons. The van der Waals surface area contributed by atoms with E-state index in [-0.39, 0.29) is 0 Å². The predicted octanol–water partition coefficient (Wildman–Crippen LogP) is 4.16. The number of halogens is 5. The highest BCUT2D eigenvalue weighted by atomic mass is 19.4. The summed E-state index contributed by atoms with van der Waals surface area (Å²) in [6.45, 7) is 1.69. The van der Waals surface area contributed by atoms with Gasteiger partial charge in [0.15, 0.2) is 5.83 Å². The van der Waals surface area contributed by atoms with E-state index in [0.29, 0.717) is 0 Å². The molecule has 0 unspecified atom stereocenters. The van der Waals surface area contributed by atoms with Crippen LogP contribution in [0.25, 0.3) is 5.83 Å². The highest BCUT2D eigenvalue weighted by molar-refractivity contribution is 5.61. The highest BCUT2D eigenvalue weighted by Crippen LogP contribution is 2.33. The average molecular weight is 222 g/mol. The van der Waals surface area contributed by atoms with Crippen molar-refractivity contribution in [1.29, 1.82) is 0 Å². The van der Waals surface area contributed by atoms with E-state index in [1.54, 1.807) is 6.92 Å². The molecule has 0 heterocycles. The molecule has 0 amide bonds. The summed E-state index contributed by atoms with van der Waals surface area (Å²) in [4.78, 5) is 0. The molecule has 0 aliphatic heterocycles. The molecule has 0 nitrogen and oxygen atoms in total. The van der Waals surface area contributed by atoms with Crippen LogP contribution in [0.5, 0.6) is 0 Å². The minimum absolute atomic E-state index is 0.421. The van der Waals surface area contributed by atoms with Crippen LogP contribution in [0, 0.1) is 6.92 Å². The molecular formula is C10H7F5. The average Bonchev–Trinajstić information content (AvgIpc) is 2.15. The SMILES string of the molecule is Cc1ccc(/C(F)=C(/F)C(F)(F)F)cc1. The van der Waals surface area contributed by atoms with Gasteiger partial charge >= 0.3 is 6.18 Å². The third kappa shape index (κ3) is 2.78. The molecule has 0 atom stereocenters. The van der Waals surface area contributed by atoms with Crippen molar-refractivity contribution in [3.05, 3.63) is 41.2 Å². The fraction of sp³-hybridized carbons (Fsp3) is 0.200. The number of hydrogen-bond donors (Lipinski definition) is 0. The molecular weight excluding hydrogens is 215 g/mol. The first-order valence-electron chi connectivity index (χ1n) is 4.02. The second kappa shape index (κ2) is 4.00. The Labute approximate surface area is 83.0 Å². The molecule has 0 spiro atoms. The molecule has 1 aromatic carbocycles. The van der Waals surface area contributed by atoms with E-state index < -0.39 is 23.4 Å². The zero-order chi connectivity index (χ0) is 11.6. The van der Waals surface area contributed by atoms with Crippen LogP contribution in [0.4, 0.5) is 22.0 Å². The van der Waals surface area contributed by atoms with Crippen LogP contribution in [0.3, 0.4) is 0 Å². The van der Waals surface area contributed by atoms with Crippen molar-refractivity contribution in [3.63, 3.8) is 0 Å². The lowest BCUT2D eigenvalue weighted by molar-refractivity contribution is -0.108. The summed E-state index contributed by atoms with van der Waals surface area (Å²) in [5.41, 5.74) is 0.328. The third-order valence-corrected chi connectivity index (χ3v) is 1.75. The van der Waals surface area contributed by atoms with Gasteiger partial charge in [0.2, 0.25) is 5.83 Å². The summed E-state index contributed by atoms with van der Waals surface area (Å²) in [5, 5.41) is 0. The van der Waals surface area contributed by atoms with Gasteiger partial charge in [0.1, 0.15) is 0 Å². The zero-order valence-electron chi connectivity index (χ0n) is 7.70. The lowest BCUT2D eigenvalue weighted by atomic mass is 10.1. The van der Waals surface area contributed by atoms with Crippen LogP contribution in [0.2, 0.25) is 0 Å². The number of benzene rings is 1. The van der Waals surface area contributed by atoms with Crippen molar-refractivity contribution in [1.82, 2.24) is 0 Å². The Bertz CT molecular complexity index is 372. The minimum atomic E-state index is -5.28. The van der Waals surface area contributed by atoms with Gasteiger partial charge < -0.3 is 0 Å². The maximum absolute atomic E-state index is 12.9. The topological polar surface area (TPSA) is 0 Å². The van der Waals surface area contributed by atoms with Crippen molar-refractivity contribution in [3.8, 4) is 0 Å². The first kappa shape index (κ1) is 11.7. The van der Waals surface area contributed by atoms with Gasteiger partial charge in [0, 0.05) is 5.56 Å². The molecule has 0 bridgehead atoms. The van der Waals surface area contributed by atoms with Gasteiger partial charge in [-0.2, -0.15) is 17.6 Å². The first-order chi connectivity index (χ1) is 6.82. The molecule has 0 aliphatic rings. The number of rotatable bonds is 1. The smallest absolute Gasteiger partial charge is 0.203 e. The van der Waals surface area contributed by atoms with Crippen molar-refractivity contribution < 1.29 is 22.0 Å². The summed E-state index contributed by atoms with van der Waals surface area (Å²) in [6, 6.07) is 4.99. The van der Waals surface area contributed by atoms with E-state index in [9.17, 15) is 22.0 Å². The Kier molecular flexibility index (Phi) is 3.12. The van der Waals surface area contributed by atoms with Crippen LogP contribution < -0.4 is 0 Å². The van der Waals surface area contributed by atoms with Gasteiger partial charge in [0.05, 0.1) is 0 Å². The summed E-state index contributed by atoms with van der Waals surface area (Å²) in [5.74, 6) is -4.59. The largest absolute Gasteiger partial charge is 0.445 e. The molecule has 0 N–H and O–H groups in total. The molecule has 15 heavy (non-hydrogen) atoms. The quantitative estimate of drug-likeness (QED) is 0.625. The second-order valence-electron chi connectivity index (χ2n) is 2.99. The van der Waals surface area contributed by atoms with Gasteiger partial charge in [-0.05, 0) is 6.92 Å². The predicted molar refractivity (Wildman–Crippen MR) is 46.4 cm³/mol. The fourth-order valence-corrected chi connectivity index (χ4v) is 0.951. The normalized spacial score (nSPS) is 13.7. The lowest BCUT2D eigenvalue weighted by Crippen LogP contribution is -2.09. The van der Waals surface area contributed by atoms with E-state index in [1.165, 1.54) is 12.1 Å². The standard InChI is InChI=1S/C10H7F5/c1-6-2-4-7(5-3-6)8(11)9(12)10(13,14)15/h2-5H,1H3/b9-8-. The minimum Gasteiger partial charge on any atom is -0.203 e. The summed E-state index contributed by atoms with van der Waals surface area (Å²) < 4.78 is 60.8. The number of aryl methyl sites for hydroxylation is 1. The van der Waals surface area contributed by atoms with Crippen molar-refractivity contribution >= 4 is 5.83 Å². The lowest BCUT2D eigenvalue weighted by Gasteiger charge is -2.05. The third-order valence-electron chi connectivity index (χ3n) is 1.75. The van der Waals surface area contributed by atoms with Gasteiger partial charge in [-0.25, -0.2) is 4.39 Å². The van der Waals surface area contributed by atoms with Gasteiger partial charge in [-0.1, -0.05) is 29.8 Å². The maximum atomic E-state index is 12.9. The summed E-state index contributed by atoms with van der Waals surface area (Å²) in [7, 11) is 0. The van der Waals surface area contributed by atoms with Crippen molar-refractivity contribution in [2.45, 2.75) is 13.1 Å². The highest BCUT2D eigenvalue weighted by Gasteiger charge is 2.38. The number of hydrogen-bond acceptors (Lipinski definition) is 0. The van der Waals surface area contributed by atoms with Crippen LogP contribution in [0.15, 0.2) is 30.1 Å². The van der Waals surface area contributed by atoms with Crippen LogP contribution in [0.1, 0.15) is 11.1 Å². The van der Waals surface area contributed by atoms with Crippen molar-refractivity contribution in [2.24, 2.45) is 0 Å². The first-order valence-corrected chi connectivity index (χ1v) is 4.02. The Morgan fingerprint density at radius 3 is 1.87 bits per heavy atom. The van der Waals surface area contributed by atoms with Crippen LogP contribution >= 0.6 is 0 Å². The van der Waals surface area contributed by atoms with Crippen LogP contribution in [-0.2, 0) is 0 Å². The van der Waals surface area contributed by atoms with Crippen molar-refractivity contribution in [2.75, 3.05) is 0 Å². The molecule has 1 aromatic rings. The van der Waals surface area contributed by atoms with E-state index in [2.05, 4.69) is 0 Å². The monoisotopic (exact) mass is 222 g/mol. The molecule has 0 saturated heterocycles. The molecule has 0 radical (unpaired) electrons. The molecule has 0 aliphatic carbocycles. The molecule has 0 aromatic heterocycles. The fourth-order valence-electron chi connectivity index (χ4n) is 0.951. The van der Waals surface area contributed by atoms with E-state index >= 15 is 0 Å². The van der Waals surface area contributed by atoms with Gasteiger partial charge in [0.25, 0.3) is 0 Å². The molecule has 0 saturated carbocycles. The molecule has 0 fully saturated rings. The van der Waals surface area contributed by atoms with Gasteiger partial charge in [-0.15, -0.1) is 0 Å². The van der Waals surface area contributed by atoms with E-state index in [0.717, 1.165) is 17.7 Å². The second-order valence-corrected chi connectivity index (χ2v) is 2.99.